The van der Waals surface area contributed by atoms with Crippen molar-refractivity contribution in [2.75, 3.05) is 6.61 Å². The number of alkyl carbamates (subject to hydrolysis) is 1. The van der Waals surface area contributed by atoms with E-state index >= 15 is 0 Å². The number of carboxylic acids is 1. The van der Waals surface area contributed by atoms with Gasteiger partial charge in [-0.1, -0.05) is 26.8 Å². The highest BCUT2D eigenvalue weighted by Gasteiger charge is 2.34. The van der Waals surface area contributed by atoms with Gasteiger partial charge in [0, 0.05) is 6.42 Å². The van der Waals surface area contributed by atoms with Gasteiger partial charge in [0.2, 0.25) is 0 Å². The van der Waals surface area contributed by atoms with Crippen LogP contribution in [0.2, 0.25) is 0 Å². The van der Waals surface area contributed by atoms with E-state index in [2.05, 4.69) is 16.6 Å². The number of alkyl halides is 2. The Bertz CT molecular complexity index is 350. The van der Waals surface area contributed by atoms with Gasteiger partial charge in [0.05, 0.1) is 0 Å². The Morgan fingerprint density at radius 1 is 1.42 bits per heavy atom. The molecule has 0 bridgehead atoms. The molecule has 0 aliphatic rings. The van der Waals surface area contributed by atoms with Gasteiger partial charge in [-0.2, -0.15) is 0 Å². The lowest BCUT2D eigenvalue weighted by Crippen LogP contribution is -2.49. The lowest BCUT2D eigenvalue weighted by Gasteiger charge is -2.27. The van der Waals surface area contributed by atoms with Crippen LogP contribution in [-0.4, -0.2) is 35.7 Å². The highest BCUT2D eigenvalue weighted by Crippen LogP contribution is 2.21. The number of rotatable bonds is 6. The number of hydrogen-bond acceptors (Lipinski definition) is 3. The molecule has 1 unspecified atom stereocenters. The second-order valence-corrected chi connectivity index (χ2v) is 5.21. The lowest BCUT2D eigenvalue weighted by molar-refractivity contribution is -0.142. The maximum atomic E-state index is 13.0. The van der Waals surface area contributed by atoms with Gasteiger partial charge in [-0.05, 0) is 5.41 Å². The van der Waals surface area contributed by atoms with E-state index in [1.807, 2.05) is 0 Å². The third-order valence-electron chi connectivity index (χ3n) is 2.23. The average molecular weight is 279 g/mol. The van der Waals surface area contributed by atoms with Crippen molar-refractivity contribution in [1.29, 1.82) is 0 Å². The first kappa shape index (κ1) is 17.3. The summed E-state index contributed by atoms with van der Waals surface area (Å²) in [5, 5.41) is 11.0. The summed E-state index contributed by atoms with van der Waals surface area (Å²) in [7, 11) is 0. The van der Waals surface area contributed by atoms with E-state index in [9.17, 15) is 18.4 Å². The van der Waals surface area contributed by atoms with Crippen LogP contribution in [0.4, 0.5) is 13.6 Å². The monoisotopic (exact) mass is 279 g/mol. The number of hydrogen-bond donors (Lipinski definition) is 2. The van der Waals surface area contributed by atoms with Crippen LogP contribution in [0.15, 0.2) is 12.7 Å². The zero-order chi connectivity index (χ0) is 15.3. The lowest BCUT2D eigenvalue weighted by atomic mass is 9.87. The van der Waals surface area contributed by atoms with Crippen molar-refractivity contribution in [3.8, 4) is 0 Å². The number of ether oxygens (including phenoxy) is 1. The number of carbonyl (C=O) groups excluding carboxylic acids is 1. The van der Waals surface area contributed by atoms with E-state index in [-0.39, 0.29) is 0 Å². The summed E-state index contributed by atoms with van der Waals surface area (Å²) in [5.41, 5.74) is -0.769. The third kappa shape index (κ3) is 6.73. The van der Waals surface area contributed by atoms with Crippen LogP contribution < -0.4 is 5.32 Å². The molecule has 0 radical (unpaired) electrons. The zero-order valence-corrected chi connectivity index (χ0v) is 11.2. The smallest absolute Gasteiger partial charge is 0.408 e. The van der Waals surface area contributed by atoms with Crippen molar-refractivity contribution < 1.29 is 28.2 Å². The molecule has 0 aromatic heterocycles. The summed E-state index contributed by atoms with van der Waals surface area (Å²) in [6.07, 6.45) is -0.802. The molecule has 19 heavy (non-hydrogen) atoms. The minimum atomic E-state index is -3.21. The normalized spacial score (nSPS) is 13.5. The molecule has 7 heteroatoms. The van der Waals surface area contributed by atoms with Gasteiger partial charge in [-0.15, -0.1) is 6.58 Å². The van der Waals surface area contributed by atoms with Crippen molar-refractivity contribution in [3.63, 3.8) is 0 Å². The number of halogens is 2. The van der Waals surface area contributed by atoms with Crippen LogP contribution in [0.25, 0.3) is 0 Å². The Kier molecular flexibility index (Phi) is 5.92. The van der Waals surface area contributed by atoms with E-state index in [0.29, 0.717) is 0 Å². The van der Waals surface area contributed by atoms with Crippen molar-refractivity contribution in [3.05, 3.63) is 12.7 Å². The van der Waals surface area contributed by atoms with Crippen LogP contribution in [-0.2, 0) is 9.53 Å². The molecule has 5 nitrogen and oxygen atoms in total. The van der Waals surface area contributed by atoms with Crippen molar-refractivity contribution >= 4 is 12.1 Å². The first-order chi connectivity index (χ1) is 8.49. The number of carbonyl (C=O) groups is 2. The van der Waals surface area contributed by atoms with Gasteiger partial charge in [0.15, 0.2) is 6.61 Å². The van der Waals surface area contributed by atoms with Crippen molar-refractivity contribution in [2.24, 2.45) is 5.41 Å². The minimum absolute atomic E-state index is 0.623. The molecule has 0 rings (SSSR count). The Hall–Kier alpha value is -1.66. The van der Waals surface area contributed by atoms with E-state index in [4.69, 9.17) is 5.11 Å². The molecule has 1 atom stereocenters. The minimum Gasteiger partial charge on any atom is -0.480 e. The Morgan fingerprint density at radius 3 is 2.32 bits per heavy atom. The van der Waals surface area contributed by atoms with Crippen LogP contribution in [0, 0.1) is 5.41 Å². The standard InChI is InChI=1S/C12H19F2NO4/c1-5-6-12(13,14)7-19-10(18)15-8(9(16)17)11(2,3)4/h5,8H,1,6-7H2,2-4H3,(H,15,18)(H,16,17). The van der Waals surface area contributed by atoms with E-state index in [1.165, 1.54) is 0 Å². The largest absolute Gasteiger partial charge is 0.480 e. The maximum Gasteiger partial charge on any atom is 0.408 e. The molecule has 0 spiro atoms. The summed E-state index contributed by atoms with van der Waals surface area (Å²) in [5.74, 6) is -4.47. The molecular formula is C12H19F2NO4. The van der Waals surface area contributed by atoms with Crippen LogP contribution in [0.3, 0.4) is 0 Å². The maximum absolute atomic E-state index is 13.0. The molecule has 0 aromatic rings. The average Bonchev–Trinajstić information content (AvgIpc) is 2.21. The summed E-state index contributed by atoms with van der Waals surface area (Å²) in [6, 6.07) is -1.23. The number of nitrogens with one attached hydrogen (secondary N) is 1. The summed E-state index contributed by atoms with van der Waals surface area (Å²) in [6.45, 7) is 6.83. The molecule has 110 valence electrons. The summed E-state index contributed by atoms with van der Waals surface area (Å²) >= 11 is 0. The Labute approximate surface area is 110 Å². The molecule has 1 amide bonds. The van der Waals surface area contributed by atoms with E-state index in [0.717, 1.165) is 6.08 Å². The van der Waals surface area contributed by atoms with Gasteiger partial charge in [-0.25, -0.2) is 18.4 Å². The van der Waals surface area contributed by atoms with E-state index in [1.54, 1.807) is 20.8 Å². The molecular weight excluding hydrogens is 260 g/mol. The first-order valence-corrected chi connectivity index (χ1v) is 5.64. The highest BCUT2D eigenvalue weighted by atomic mass is 19.3. The Balaban J connectivity index is 4.45. The predicted molar refractivity (Wildman–Crippen MR) is 65.1 cm³/mol. The van der Waals surface area contributed by atoms with E-state index < -0.39 is 42.5 Å². The SMILES string of the molecule is C=CCC(F)(F)COC(=O)NC(C(=O)O)C(C)(C)C. The van der Waals surface area contributed by atoms with Crippen LogP contribution in [0.5, 0.6) is 0 Å². The molecule has 0 aromatic carbocycles. The summed E-state index contributed by atoms with van der Waals surface area (Å²) < 4.78 is 30.4. The third-order valence-corrected chi connectivity index (χ3v) is 2.23. The molecule has 0 aliphatic carbocycles. The van der Waals surface area contributed by atoms with Gasteiger partial charge >= 0.3 is 12.1 Å². The van der Waals surface area contributed by atoms with Gasteiger partial charge in [0.1, 0.15) is 6.04 Å². The fraction of sp³-hybridized carbons (Fsp3) is 0.667. The molecule has 0 heterocycles. The Morgan fingerprint density at radius 2 is 1.95 bits per heavy atom. The topological polar surface area (TPSA) is 75.6 Å². The zero-order valence-electron chi connectivity index (χ0n) is 11.2. The van der Waals surface area contributed by atoms with Crippen LogP contribution >= 0.6 is 0 Å². The predicted octanol–water partition coefficient (Wildman–Crippen LogP) is 2.42. The molecule has 0 saturated heterocycles. The number of allylic oxidation sites excluding steroid dienone is 1. The molecule has 0 fully saturated rings. The quantitative estimate of drug-likeness (QED) is 0.732. The molecule has 0 saturated carbocycles. The van der Waals surface area contributed by atoms with Gasteiger partial charge in [-0.3, -0.25) is 0 Å². The molecule has 0 aliphatic heterocycles. The van der Waals surface area contributed by atoms with Crippen molar-refractivity contribution in [2.45, 2.75) is 39.2 Å². The fourth-order valence-corrected chi connectivity index (χ4v) is 1.25. The highest BCUT2D eigenvalue weighted by molar-refractivity contribution is 5.80. The summed E-state index contributed by atoms with van der Waals surface area (Å²) in [4.78, 5) is 22.3. The number of aliphatic carboxylic acids is 1. The number of amides is 1. The second-order valence-electron chi connectivity index (χ2n) is 5.21. The second kappa shape index (κ2) is 6.49. The van der Waals surface area contributed by atoms with Crippen molar-refractivity contribution in [1.82, 2.24) is 5.32 Å². The number of carboxylic acid groups (broad SMARTS) is 1. The van der Waals surface area contributed by atoms with Gasteiger partial charge < -0.3 is 15.2 Å². The fourth-order valence-electron chi connectivity index (χ4n) is 1.25. The first-order valence-electron chi connectivity index (χ1n) is 5.64. The van der Waals surface area contributed by atoms with Gasteiger partial charge in [0.25, 0.3) is 5.92 Å². The van der Waals surface area contributed by atoms with Crippen LogP contribution in [0.1, 0.15) is 27.2 Å². The molecule has 2 N–H and O–H groups in total.